The van der Waals surface area contributed by atoms with Gasteiger partial charge in [-0.3, -0.25) is 0 Å². The van der Waals surface area contributed by atoms with Gasteiger partial charge in [0.25, 0.3) is 0 Å². The molecule has 2 aliphatic rings. The van der Waals surface area contributed by atoms with Gasteiger partial charge in [-0.15, -0.1) is 5.10 Å². The number of nitrogens with zero attached hydrogens (tertiary/aromatic N) is 5. The fourth-order valence-corrected chi connectivity index (χ4v) is 3.35. The van der Waals surface area contributed by atoms with Gasteiger partial charge in [0.2, 0.25) is 5.88 Å². The topological polar surface area (TPSA) is 55.6 Å². The van der Waals surface area contributed by atoms with Gasteiger partial charge in [0.05, 0.1) is 17.6 Å². The molecule has 0 bridgehead atoms. The zero-order valence-corrected chi connectivity index (χ0v) is 14.1. The van der Waals surface area contributed by atoms with Gasteiger partial charge in [-0.1, -0.05) is 6.07 Å². The lowest BCUT2D eigenvalue weighted by Crippen LogP contribution is -2.19. The molecular weight excluding hydrogens is 314 g/mol. The summed E-state index contributed by atoms with van der Waals surface area (Å²) in [5, 5.41) is 4.51. The van der Waals surface area contributed by atoms with Crippen molar-refractivity contribution in [2.24, 2.45) is 0 Å². The molecule has 0 aromatic carbocycles. The van der Waals surface area contributed by atoms with Crippen LogP contribution in [-0.2, 0) is 6.61 Å². The van der Waals surface area contributed by atoms with Crippen LogP contribution in [0.15, 0.2) is 36.5 Å². The molecule has 3 aromatic rings. The van der Waals surface area contributed by atoms with Gasteiger partial charge in [0, 0.05) is 25.1 Å². The van der Waals surface area contributed by atoms with E-state index >= 15 is 0 Å². The first-order valence-corrected chi connectivity index (χ1v) is 9.05. The van der Waals surface area contributed by atoms with Crippen LogP contribution in [0.4, 0.5) is 5.82 Å². The molecule has 0 amide bonds. The molecule has 128 valence electrons. The molecular formula is C19H21N5O. The van der Waals surface area contributed by atoms with E-state index in [-0.39, 0.29) is 0 Å². The monoisotopic (exact) mass is 335 g/mol. The minimum Gasteiger partial charge on any atom is -0.470 e. The molecule has 0 N–H and O–H groups in total. The molecule has 0 spiro atoms. The minimum absolute atomic E-state index is 0.421. The predicted octanol–water partition coefficient (Wildman–Crippen LogP) is 3.18. The van der Waals surface area contributed by atoms with Crippen LogP contribution in [0.3, 0.4) is 0 Å². The van der Waals surface area contributed by atoms with Crippen LogP contribution in [0.1, 0.15) is 43.0 Å². The van der Waals surface area contributed by atoms with E-state index in [4.69, 9.17) is 9.72 Å². The fourth-order valence-electron chi connectivity index (χ4n) is 3.35. The Morgan fingerprint density at radius 3 is 2.76 bits per heavy atom. The summed E-state index contributed by atoms with van der Waals surface area (Å²) in [6.07, 6.45) is 7.00. The van der Waals surface area contributed by atoms with Crippen LogP contribution in [0, 0.1) is 0 Å². The fraction of sp³-hybridized carbons (Fsp3) is 0.421. The second-order valence-electron chi connectivity index (χ2n) is 6.88. The Balaban J connectivity index is 1.30. The van der Waals surface area contributed by atoms with Gasteiger partial charge in [-0.25, -0.2) is 14.5 Å². The minimum atomic E-state index is 0.421. The summed E-state index contributed by atoms with van der Waals surface area (Å²) in [4.78, 5) is 11.7. The van der Waals surface area contributed by atoms with Crippen LogP contribution < -0.4 is 9.64 Å². The highest BCUT2D eigenvalue weighted by molar-refractivity contribution is 5.41. The summed E-state index contributed by atoms with van der Waals surface area (Å²) < 4.78 is 7.68. The summed E-state index contributed by atoms with van der Waals surface area (Å²) >= 11 is 0. The first-order chi connectivity index (χ1) is 12.3. The average molecular weight is 335 g/mol. The van der Waals surface area contributed by atoms with Crippen molar-refractivity contribution in [1.29, 1.82) is 0 Å². The van der Waals surface area contributed by atoms with E-state index in [1.54, 1.807) is 0 Å². The van der Waals surface area contributed by atoms with Gasteiger partial charge >= 0.3 is 0 Å². The smallest absolute Gasteiger partial charge is 0.232 e. The third kappa shape index (κ3) is 3.04. The van der Waals surface area contributed by atoms with Crippen LogP contribution >= 0.6 is 0 Å². The van der Waals surface area contributed by atoms with E-state index in [1.165, 1.54) is 25.7 Å². The molecule has 6 heteroatoms. The summed E-state index contributed by atoms with van der Waals surface area (Å²) in [5.41, 5.74) is 2.95. The summed E-state index contributed by atoms with van der Waals surface area (Å²) in [5.74, 6) is 2.27. The number of ether oxygens (including phenoxy) is 1. The number of fused-ring (bicyclic) bond motifs is 1. The molecule has 1 saturated carbocycles. The highest BCUT2D eigenvalue weighted by Gasteiger charge is 2.26. The Labute approximate surface area is 146 Å². The quantitative estimate of drug-likeness (QED) is 0.717. The van der Waals surface area contributed by atoms with Crippen LogP contribution in [0.25, 0.3) is 5.65 Å². The maximum absolute atomic E-state index is 5.86. The molecule has 1 aliphatic heterocycles. The Hall–Kier alpha value is -2.63. The normalized spacial score (nSPS) is 17.4. The van der Waals surface area contributed by atoms with Crippen molar-refractivity contribution in [1.82, 2.24) is 19.6 Å². The van der Waals surface area contributed by atoms with Crippen molar-refractivity contribution in [2.75, 3.05) is 18.0 Å². The van der Waals surface area contributed by atoms with Crippen molar-refractivity contribution in [2.45, 2.75) is 38.2 Å². The second kappa shape index (κ2) is 6.02. The third-order valence-corrected chi connectivity index (χ3v) is 4.90. The number of pyridine rings is 1. The molecule has 4 heterocycles. The van der Waals surface area contributed by atoms with Gasteiger partial charge < -0.3 is 9.64 Å². The number of hydrogen-bond acceptors (Lipinski definition) is 5. The van der Waals surface area contributed by atoms with E-state index < -0.39 is 0 Å². The lowest BCUT2D eigenvalue weighted by molar-refractivity contribution is 0.285. The summed E-state index contributed by atoms with van der Waals surface area (Å²) in [7, 11) is 0. The molecule has 1 aliphatic carbocycles. The van der Waals surface area contributed by atoms with Crippen molar-refractivity contribution in [3.63, 3.8) is 0 Å². The molecule has 2 fully saturated rings. The zero-order valence-electron chi connectivity index (χ0n) is 14.1. The molecule has 0 unspecified atom stereocenters. The molecule has 0 radical (unpaired) electrons. The maximum atomic E-state index is 5.86. The first kappa shape index (κ1) is 14.7. The van der Waals surface area contributed by atoms with Gasteiger partial charge in [-0.05, 0) is 43.9 Å². The standard InChI is InChI=1S/C19H21N5O/c1-2-11-23(10-1)17-5-3-4-15(20-17)13-25-19-9-8-18-21-16(14-6-7-14)12-24(18)22-19/h3-5,8-9,12,14H,1-2,6-7,10-11,13H2. The molecule has 1 saturated heterocycles. The SMILES string of the molecule is c1cc(COc2ccc3nc(C4CC4)cn3n2)nc(N2CCCC2)c1. The molecule has 3 aromatic heterocycles. The molecule has 0 atom stereocenters. The Morgan fingerprint density at radius 1 is 1.04 bits per heavy atom. The second-order valence-corrected chi connectivity index (χ2v) is 6.88. The lowest BCUT2D eigenvalue weighted by atomic mass is 10.3. The van der Waals surface area contributed by atoms with E-state index in [0.29, 0.717) is 18.4 Å². The average Bonchev–Trinajstić information content (AvgIpc) is 3.19. The van der Waals surface area contributed by atoms with E-state index in [2.05, 4.69) is 21.0 Å². The summed E-state index contributed by atoms with van der Waals surface area (Å²) in [6.45, 7) is 2.61. The van der Waals surface area contributed by atoms with E-state index in [1.807, 2.05) is 35.0 Å². The van der Waals surface area contributed by atoms with Gasteiger partial charge in [0.15, 0.2) is 5.65 Å². The zero-order chi connectivity index (χ0) is 16.6. The number of anilines is 1. The van der Waals surface area contributed by atoms with Crippen LogP contribution in [0.2, 0.25) is 0 Å². The van der Waals surface area contributed by atoms with Crippen molar-refractivity contribution >= 4 is 11.5 Å². The maximum Gasteiger partial charge on any atom is 0.232 e. The Kier molecular flexibility index (Phi) is 3.54. The highest BCUT2D eigenvalue weighted by Crippen LogP contribution is 2.39. The number of hydrogen-bond donors (Lipinski definition) is 0. The lowest BCUT2D eigenvalue weighted by Gasteiger charge is -2.16. The van der Waals surface area contributed by atoms with E-state index in [0.717, 1.165) is 35.9 Å². The van der Waals surface area contributed by atoms with Crippen molar-refractivity contribution < 1.29 is 4.74 Å². The number of rotatable bonds is 5. The number of imidazole rings is 1. The van der Waals surface area contributed by atoms with E-state index in [9.17, 15) is 0 Å². The first-order valence-electron chi connectivity index (χ1n) is 9.05. The largest absolute Gasteiger partial charge is 0.470 e. The van der Waals surface area contributed by atoms with Crippen molar-refractivity contribution in [3.8, 4) is 5.88 Å². The highest BCUT2D eigenvalue weighted by atomic mass is 16.5. The molecule has 5 rings (SSSR count). The van der Waals surface area contributed by atoms with Gasteiger partial charge in [-0.2, -0.15) is 0 Å². The molecule has 6 nitrogen and oxygen atoms in total. The Morgan fingerprint density at radius 2 is 1.92 bits per heavy atom. The van der Waals surface area contributed by atoms with Gasteiger partial charge in [0.1, 0.15) is 12.4 Å². The third-order valence-electron chi connectivity index (χ3n) is 4.90. The molecule has 25 heavy (non-hydrogen) atoms. The Bertz CT molecular complexity index is 896. The van der Waals surface area contributed by atoms with Crippen molar-refractivity contribution in [3.05, 3.63) is 47.9 Å². The van der Waals surface area contributed by atoms with Crippen LogP contribution in [-0.4, -0.2) is 32.7 Å². The summed E-state index contributed by atoms with van der Waals surface area (Å²) in [6, 6.07) is 9.96. The van der Waals surface area contributed by atoms with Crippen LogP contribution in [0.5, 0.6) is 5.88 Å². The number of aromatic nitrogens is 4. The predicted molar refractivity (Wildman–Crippen MR) is 95.0 cm³/mol.